The molecule has 1 aliphatic heterocycles. The van der Waals surface area contributed by atoms with E-state index in [1.54, 1.807) is 0 Å². The molecule has 5 aromatic rings. The van der Waals surface area contributed by atoms with Crippen LogP contribution in [-0.4, -0.2) is 0 Å². The summed E-state index contributed by atoms with van der Waals surface area (Å²) in [6.07, 6.45) is 6.98. The van der Waals surface area contributed by atoms with Gasteiger partial charge in [0.2, 0.25) is 0 Å². The third-order valence-corrected chi connectivity index (χ3v) is 8.35. The second-order valence-corrected chi connectivity index (χ2v) is 10.0. The molecule has 2 aliphatic carbocycles. The van der Waals surface area contributed by atoms with Gasteiger partial charge in [-0.3, -0.25) is 0 Å². The molecule has 0 fully saturated rings. The van der Waals surface area contributed by atoms with Crippen molar-refractivity contribution in [3.05, 3.63) is 149 Å². The Bertz CT molecular complexity index is 1660. The summed E-state index contributed by atoms with van der Waals surface area (Å²) in [7, 11) is 0. The molecule has 1 heteroatoms. The lowest BCUT2D eigenvalue weighted by Gasteiger charge is -2.47. The normalized spacial score (nSPS) is 17.0. The zero-order valence-corrected chi connectivity index (χ0v) is 19.5. The minimum atomic E-state index is -0.279. The molecule has 0 bridgehead atoms. The van der Waals surface area contributed by atoms with E-state index in [4.69, 9.17) is 0 Å². The van der Waals surface area contributed by atoms with Gasteiger partial charge in [-0.25, -0.2) is 0 Å². The Hall–Kier alpha value is -4.10. The number of rotatable bonds is 2. The Morgan fingerprint density at radius 1 is 0.629 bits per heavy atom. The number of hydrogen-bond donors (Lipinski definition) is 0. The average Bonchev–Trinajstić information content (AvgIpc) is 3.23. The van der Waals surface area contributed by atoms with E-state index in [2.05, 4.69) is 120 Å². The standard InChI is InChI=1S/C34H25N/c1-2-10-23(11-3-1)22-35-30-18-6-4-14-26(30)34(27-15-5-7-19-31(27)35)28-16-8-12-24-20-21-25-13-9-17-29(34)33(25)32(24)28/h1-6,8-18,20-21H,7,19,22H2. The number of nitrogens with zero attached hydrogens (tertiary/aromatic N) is 1. The maximum atomic E-state index is 2.60. The van der Waals surface area contributed by atoms with Gasteiger partial charge in [0.05, 0.1) is 5.41 Å². The monoisotopic (exact) mass is 447 g/mol. The zero-order chi connectivity index (χ0) is 23.0. The lowest BCUT2D eigenvalue weighted by atomic mass is 9.63. The fraction of sp³-hybridized carbons (Fsp3) is 0.118. The summed E-state index contributed by atoms with van der Waals surface area (Å²) in [6, 6.07) is 38.5. The van der Waals surface area contributed by atoms with Crippen LogP contribution in [0.5, 0.6) is 0 Å². The van der Waals surface area contributed by atoms with Crippen LogP contribution in [0.3, 0.4) is 0 Å². The fourth-order valence-electron chi connectivity index (χ4n) is 7.04. The van der Waals surface area contributed by atoms with E-state index in [1.807, 2.05) is 0 Å². The minimum absolute atomic E-state index is 0.279. The number of anilines is 1. The number of hydrogen-bond acceptors (Lipinski definition) is 1. The molecule has 0 saturated carbocycles. The predicted molar refractivity (Wildman–Crippen MR) is 146 cm³/mol. The molecular formula is C34H25N. The van der Waals surface area contributed by atoms with E-state index in [9.17, 15) is 0 Å². The van der Waals surface area contributed by atoms with E-state index in [0.717, 1.165) is 19.4 Å². The molecule has 0 amide bonds. The molecule has 1 heterocycles. The first kappa shape index (κ1) is 19.2. The van der Waals surface area contributed by atoms with Crippen LogP contribution in [0.4, 0.5) is 5.69 Å². The fourth-order valence-corrected chi connectivity index (χ4v) is 7.04. The second kappa shape index (κ2) is 6.96. The van der Waals surface area contributed by atoms with Gasteiger partial charge in [0, 0.05) is 17.9 Å². The maximum Gasteiger partial charge on any atom is 0.0751 e. The van der Waals surface area contributed by atoms with Gasteiger partial charge >= 0.3 is 0 Å². The highest BCUT2D eigenvalue weighted by atomic mass is 15.2. The van der Waals surface area contributed by atoms with Gasteiger partial charge in [-0.05, 0) is 68.3 Å². The smallest absolute Gasteiger partial charge is 0.0751 e. The number of fused-ring (bicyclic) bond motifs is 5. The zero-order valence-electron chi connectivity index (χ0n) is 19.5. The van der Waals surface area contributed by atoms with Crippen LogP contribution in [0.1, 0.15) is 35.1 Å². The predicted octanol–water partition coefficient (Wildman–Crippen LogP) is 8.27. The van der Waals surface area contributed by atoms with Crippen molar-refractivity contribution in [2.24, 2.45) is 0 Å². The quantitative estimate of drug-likeness (QED) is 0.246. The lowest BCUT2D eigenvalue weighted by molar-refractivity contribution is 0.675. The Labute approximate surface area is 205 Å². The summed E-state index contributed by atoms with van der Waals surface area (Å²) in [4.78, 5) is 2.60. The number of para-hydroxylation sites is 1. The molecule has 0 saturated heterocycles. The van der Waals surface area contributed by atoms with Crippen molar-refractivity contribution in [1.82, 2.24) is 0 Å². The van der Waals surface area contributed by atoms with Gasteiger partial charge in [0.25, 0.3) is 0 Å². The Morgan fingerprint density at radius 3 is 2.03 bits per heavy atom. The summed E-state index contributed by atoms with van der Waals surface area (Å²) in [6.45, 7) is 0.891. The summed E-state index contributed by atoms with van der Waals surface area (Å²) in [5, 5.41) is 5.53. The molecule has 1 spiro atoms. The van der Waals surface area contributed by atoms with E-state index in [1.165, 1.54) is 60.8 Å². The second-order valence-electron chi connectivity index (χ2n) is 10.0. The lowest BCUT2D eigenvalue weighted by Crippen LogP contribution is -2.40. The largest absolute Gasteiger partial charge is 0.340 e. The maximum absolute atomic E-state index is 2.60. The number of benzene rings is 5. The van der Waals surface area contributed by atoms with Gasteiger partial charge in [-0.15, -0.1) is 0 Å². The van der Waals surface area contributed by atoms with Crippen LogP contribution < -0.4 is 4.90 Å². The molecule has 0 unspecified atom stereocenters. The molecule has 0 radical (unpaired) electrons. The van der Waals surface area contributed by atoms with Crippen LogP contribution in [0.15, 0.2) is 127 Å². The molecule has 166 valence electrons. The van der Waals surface area contributed by atoms with Crippen LogP contribution in [-0.2, 0) is 12.0 Å². The first-order valence-corrected chi connectivity index (χ1v) is 12.6. The van der Waals surface area contributed by atoms with Crippen LogP contribution in [0.2, 0.25) is 0 Å². The Balaban J connectivity index is 1.51. The first-order chi connectivity index (χ1) is 17.4. The summed E-state index contributed by atoms with van der Waals surface area (Å²) >= 11 is 0. The van der Waals surface area contributed by atoms with E-state index < -0.39 is 0 Å². The van der Waals surface area contributed by atoms with Crippen LogP contribution in [0.25, 0.3) is 21.5 Å². The highest BCUT2D eigenvalue weighted by molar-refractivity contribution is 6.16. The highest BCUT2D eigenvalue weighted by Gasteiger charge is 2.51. The first-order valence-electron chi connectivity index (χ1n) is 12.6. The summed E-state index contributed by atoms with van der Waals surface area (Å²) in [5.41, 5.74) is 9.61. The van der Waals surface area contributed by atoms with Crippen molar-refractivity contribution in [2.75, 3.05) is 4.90 Å². The van der Waals surface area contributed by atoms with E-state index >= 15 is 0 Å². The molecule has 3 aliphatic rings. The summed E-state index contributed by atoms with van der Waals surface area (Å²) < 4.78 is 0. The van der Waals surface area contributed by atoms with Crippen molar-refractivity contribution < 1.29 is 0 Å². The van der Waals surface area contributed by atoms with Gasteiger partial charge in [-0.2, -0.15) is 0 Å². The van der Waals surface area contributed by atoms with Gasteiger partial charge in [-0.1, -0.05) is 109 Å². The van der Waals surface area contributed by atoms with Crippen molar-refractivity contribution in [3.63, 3.8) is 0 Å². The third-order valence-electron chi connectivity index (χ3n) is 8.35. The molecule has 8 rings (SSSR count). The molecular weight excluding hydrogens is 422 g/mol. The minimum Gasteiger partial charge on any atom is -0.340 e. The van der Waals surface area contributed by atoms with Crippen molar-refractivity contribution in [1.29, 1.82) is 0 Å². The molecule has 1 nitrogen and oxygen atoms in total. The molecule has 5 aromatic carbocycles. The van der Waals surface area contributed by atoms with Crippen molar-refractivity contribution >= 4 is 27.2 Å². The molecule has 0 atom stereocenters. The molecule has 35 heavy (non-hydrogen) atoms. The Kier molecular flexibility index (Phi) is 3.82. The SMILES string of the molecule is C1=CC2=C(CC1)N(Cc1ccccc1)c1ccccc1C21c2cccc3ccc4cccc1c4c23. The topological polar surface area (TPSA) is 3.24 Å². The van der Waals surface area contributed by atoms with E-state index in [-0.39, 0.29) is 5.41 Å². The van der Waals surface area contributed by atoms with Gasteiger partial charge in [0.1, 0.15) is 0 Å². The van der Waals surface area contributed by atoms with Crippen molar-refractivity contribution in [3.8, 4) is 0 Å². The third kappa shape index (κ3) is 2.38. The molecule has 0 N–H and O–H groups in total. The van der Waals surface area contributed by atoms with Crippen LogP contribution >= 0.6 is 0 Å². The molecule has 0 aromatic heterocycles. The Morgan fingerprint density at radius 2 is 1.29 bits per heavy atom. The van der Waals surface area contributed by atoms with Gasteiger partial charge in [0.15, 0.2) is 0 Å². The number of allylic oxidation sites excluding steroid dienone is 4. The van der Waals surface area contributed by atoms with E-state index in [0.29, 0.717) is 0 Å². The van der Waals surface area contributed by atoms with Gasteiger partial charge < -0.3 is 4.90 Å². The highest BCUT2D eigenvalue weighted by Crippen LogP contribution is 2.61. The summed E-state index contributed by atoms with van der Waals surface area (Å²) in [5.74, 6) is 0. The van der Waals surface area contributed by atoms with Crippen molar-refractivity contribution in [2.45, 2.75) is 24.8 Å². The average molecular weight is 448 g/mol. The van der Waals surface area contributed by atoms with Crippen LogP contribution in [0, 0.1) is 0 Å².